The molecular formula is C26H29NO4. The van der Waals surface area contributed by atoms with E-state index in [9.17, 15) is 9.90 Å². The molecule has 3 aromatic rings. The molecule has 1 saturated heterocycles. The number of carbonyl (C=O) groups is 1. The summed E-state index contributed by atoms with van der Waals surface area (Å²) in [7, 11) is 1.64. The molecule has 5 nitrogen and oxygen atoms in total. The lowest BCUT2D eigenvalue weighted by Crippen LogP contribution is -2.41. The summed E-state index contributed by atoms with van der Waals surface area (Å²) in [5.74, 6) is 0.345. The summed E-state index contributed by atoms with van der Waals surface area (Å²) in [6.07, 6.45) is 1.60. The molecule has 1 aliphatic rings. The fraction of sp³-hybridized carbons (Fsp3) is 0.346. The van der Waals surface area contributed by atoms with Crippen LogP contribution in [-0.2, 0) is 4.79 Å². The molecule has 5 heteroatoms. The third-order valence-electron chi connectivity index (χ3n) is 6.06. The largest absolute Gasteiger partial charge is 0.493 e. The maximum atomic E-state index is 11.7. The van der Waals surface area contributed by atoms with Crippen molar-refractivity contribution in [3.05, 3.63) is 71.8 Å². The normalized spacial score (nSPS) is 17.9. The highest BCUT2D eigenvalue weighted by atomic mass is 16.5. The molecule has 1 N–H and O–H groups in total. The van der Waals surface area contributed by atoms with Crippen molar-refractivity contribution in [3.63, 3.8) is 0 Å². The number of nitrogens with zero attached hydrogens (tertiary/aromatic N) is 1. The van der Waals surface area contributed by atoms with Crippen LogP contribution in [0.25, 0.3) is 10.8 Å². The third kappa shape index (κ3) is 4.52. The summed E-state index contributed by atoms with van der Waals surface area (Å²) in [6.45, 7) is 3.89. The Balaban J connectivity index is 1.80. The molecule has 1 aliphatic heterocycles. The van der Waals surface area contributed by atoms with Crippen LogP contribution in [0.2, 0.25) is 0 Å². The predicted octanol–water partition coefficient (Wildman–Crippen LogP) is 5.13. The van der Waals surface area contributed by atoms with Crippen LogP contribution in [0.5, 0.6) is 11.5 Å². The van der Waals surface area contributed by atoms with Gasteiger partial charge in [-0.3, -0.25) is 9.69 Å². The van der Waals surface area contributed by atoms with E-state index in [4.69, 9.17) is 9.47 Å². The quantitative estimate of drug-likeness (QED) is 0.575. The second-order valence-electron chi connectivity index (χ2n) is 8.02. The minimum atomic E-state index is -0.716. The topological polar surface area (TPSA) is 59.0 Å². The molecule has 0 spiro atoms. The summed E-state index contributed by atoms with van der Waals surface area (Å²) in [6, 6.07) is 20.8. The number of aliphatic carboxylic acids is 1. The number of ether oxygens (including phenoxy) is 2. The van der Waals surface area contributed by atoms with Gasteiger partial charge in [0, 0.05) is 6.54 Å². The van der Waals surface area contributed by atoms with Crippen LogP contribution in [0.3, 0.4) is 0 Å². The van der Waals surface area contributed by atoms with Crippen molar-refractivity contribution in [3.8, 4) is 11.5 Å². The molecular weight excluding hydrogens is 390 g/mol. The van der Waals surface area contributed by atoms with Crippen LogP contribution < -0.4 is 9.47 Å². The average Bonchev–Trinajstić information content (AvgIpc) is 2.80. The predicted molar refractivity (Wildman–Crippen MR) is 122 cm³/mol. The molecule has 1 fully saturated rings. The molecule has 0 amide bonds. The van der Waals surface area contributed by atoms with Gasteiger partial charge in [0.2, 0.25) is 0 Å². The van der Waals surface area contributed by atoms with Crippen LogP contribution in [-0.4, -0.2) is 42.8 Å². The van der Waals surface area contributed by atoms with E-state index in [2.05, 4.69) is 41.3 Å². The highest BCUT2D eigenvalue weighted by Gasteiger charge is 2.31. The van der Waals surface area contributed by atoms with Crippen molar-refractivity contribution < 1.29 is 19.4 Å². The van der Waals surface area contributed by atoms with Gasteiger partial charge in [0.15, 0.2) is 11.5 Å². The molecule has 0 radical (unpaired) electrons. The van der Waals surface area contributed by atoms with Crippen LogP contribution in [0, 0.1) is 5.92 Å². The first kappa shape index (κ1) is 21.2. The lowest BCUT2D eigenvalue weighted by molar-refractivity contribution is -0.143. The van der Waals surface area contributed by atoms with E-state index in [-0.39, 0.29) is 12.0 Å². The molecule has 3 aromatic carbocycles. The molecule has 2 unspecified atom stereocenters. The molecule has 0 aliphatic carbocycles. The zero-order valence-corrected chi connectivity index (χ0v) is 18.1. The van der Waals surface area contributed by atoms with E-state index in [1.165, 1.54) is 10.8 Å². The number of methoxy groups -OCH3 is 1. The fourth-order valence-electron chi connectivity index (χ4n) is 4.57. The molecule has 0 aromatic heterocycles. The van der Waals surface area contributed by atoms with Gasteiger partial charge in [0.1, 0.15) is 0 Å². The van der Waals surface area contributed by atoms with Crippen molar-refractivity contribution >= 4 is 16.7 Å². The van der Waals surface area contributed by atoms with Gasteiger partial charge in [-0.1, -0.05) is 42.5 Å². The Morgan fingerprint density at radius 2 is 1.81 bits per heavy atom. The van der Waals surface area contributed by atoms with E-state index in [0.717, 1.165) is 30.5 Å². The Hall–Kier alpha value is -3.05. The van der Waals surface area contributed by atoms with Gasteiger partial charge in [-0.15, -0.1) is 0 Å². The van der Waals surface area contributed by atoms with E-state index in [0.29, 0.717) is 24.7 Å². The first-order valence-corrected chi connectivity index (χ1v) is 10.9. The first-order valence-electron chi connectivity index (χ1n) is 10.9. The number of hydrogen-bond acceptors (Lipinski definition) is 4. The lowest BCUT2D eigenvalue weighted by atomic mass is 9.90. The number of rotatable bonds is 7. The zero-order chi connectivity index (χ0) is 21.8. The molecule has 0 bridgehead atoms. The summed E-state index contributed by atoms with van der Waals surface area (Å²) in [5, 5.41) is 12.0. The van der Waals surface area contributed by atoms with Crippen molar-refractivity contribution in [1.29, 1.82) is 0 Å². The van der Waals surface area contributed by atoms with Gasteiger partial charge in [0.05, 0.1) is 25.7 Å². The van der Waals surface area contributed by atoms with Crippen molar-refractivity contribution in [2.24, 2.45) is 5.92 Å². The third-order valence-corrected chi connectivity index (χ3v) is 6.06. The number of benzene rings is 3. The second kappa shape index (κ2) is 9.40. The van der Waals surface area contributed by atoms with Crippen molar-refractivity contribution in [2.45, 2.75) is 25.8 Å². The van der Waals surface area contributed by atoms with Crippen molar-refractivity contribution in [1.82, 2.24) is 4.90 Å². The molecule has 1 heterocycles. The number of likely N-dealkylation sites (tertiary alicyclic amines) is 1. The summed E-state index contributed by atoms with van der Waals surface area (Å²) >= 11 is 0. The average molecular weight is 420 g/mol. The van der Waals surface area contributed by atoms with E-state index in [1.54, 1.807) is 7.11 Å². The minimum Gasteiger partial charge on any atom is -0.493 e. The Morgan fingerprint density at radius 1 is 1.06 bits per heavy atom. The zero-order valence-electron chi connectivity index (χ0n) is 18.1. The maximum Gasteiger partial charge on any atom is 0.307 e. The summed E-state index contributed by atoms with van der Waals surface area (Å²) in [4.78, 5) is 14.0. The lowest BCUT2D eigenvalue weighted by Gasteiger charge is -2.38. The van der Waals surface area contributed by atoms with Crippen LogP contribution in [0.1, 0.15) is 36.9 Å². The maximum absolute atomic E-state index is 11.7. The fourth-order valence-corrected chi connectivity index (χ4v) is 4.57. The summed E-state index contributed by atoms with van der Waals surface area (Å²) < 4.78 is 11.3. The van der Waals surface area contributed by atoms with Crippen molar-refractivity contribution in [2.75, 3.05) is 26.8 Å². The molecule has 4 rings (SSSR count). The number of hydrogen-bond donors (Lipinski definition) is 1. The van der Waals surface area contributed by atoms with Crippen LogP contribution in [0.15, 0.2) is 60.7 Å². The Labute approximate surface area is 183 Å². The number of carboxylic acids is 1. The number of piperidine rings is 1. The molecule has 31 heavy (non-hydrogen) atoms. The van der Waals surface area contributed by atoms with Gasteiger partial charge in [0.25, 0.3) is 0 Å². The van der Waals surface area contributed by atoms with Gasteiger partial charge in [-0.2, -0.15) is 0 Å². The Kier molecular flexibility index (Phi) is 6.42. The van der Waals surface area contributed by atoms with E-state index in [1.807, 2.05) is 31.2 Å². The monoisotopic (exact) mass is 419 g/mol. The van der Waals surface area contributed by atoms with Gasteiger partial charge in [-0.25, -0.2) is 0 Å². The van der Waals surface area contributed by atoms with Gasteiger partial charge < -0.3 is 14.6 Å². The van der Waals surface area contributed by atoms with E-state index < -0.39 is 5.97 Å². The Bertz CT molecular complexity index is 1060. The smallest absolute Gasteiger partial charge is 0.307 e. The first-order chi connectivity index (χ1) is 15.1. The van der Waals surface area contributed by atoms with Crippen LogP contribution >= 0.6 is 0 Å². The van der Waals surface area contributed by atoms with Crippen LogP contribution in [0.4, 0.5) is 0 Å². The highest BCUT2D eigenvalue weighted by molar-refractivity contribution is 5.83. The van der Waals surface area contributed by atoms with Gasteiger partial charge >= 0.3 is 5.97 Å². The highest BCUT2D eigenvalue weighted by Crippen LogP contribution is 2.38. The number of carboxylic acid groups (broad SMARTS) is 1. The molecule has 2 atom stereocenters. The molecule has 162 valence electrons. The van der Waals surface area contributed by atoms with E-state index >= 15 is 0 Å². The SMILES string of the molecule is CCOc1cc(C(c2ccc3ccccc3c2)N2CCCC(C(=O)O)C2)ccc1OC. The van der Waals surface area contributed by atoms with Gasteiger partial charge in [-0.05, 0) is 66.4 Å². The number of fused-ring (bicyclic) bond motifs is 1. The molecule has 0 saturated carbocycles. The Morgan fingerprint density at radius 3 is 2.55 bits per heavy atom. The minimum absolute atomic E-state index is 0.0585. The summed E-state index contributed by atoms with van der Waals surface area (Å²) in [5.41, 5.74) is 2.22. The standard InChI is InChI=1S/C26H29NO4/c1-3-31-24-16-21(12-13-23(24)30-2)25(27-14-6-9-22(17-27)26(28)29)20-11-10-18-7-4-5-8-19(18)15-20/h4-5,7-8,10-13,15-16,22,25H,3,6,9,14,17H2,1-2H3,(H,28,29). The second-order valence-corrected chi connectivity index (χ2v) is 8.02.